The van der Waals surface area contributed by atoms with E-state index in [0.29, 0.717) is 16.9 Å². The number of amides is 2. The Balaban J connectivity index is 1.31. The van der Waals surface area contributed by atoms with E-state index in [9.17, 15) is 9.59 Å². The average molecular weight is 448 g/mol. The number of benzene rings is 2. The van der Waals surface area contributed by atoms with Gasteiger partial charge in [0.25, 0.3) is 11.8 Å². The summed E-state index contributed by atoms with van der Waals surface area (Å²) in [7, 11) is 0. The summed E-state index contributed by atoms with van der Waals surface area (Å²) in [5.41, 5.74) is 7.52. The molecule has 0 atom stereocenters. The monoisotopic (exact) mass is 447 g/mol. The summed E-state index contributed by atoms with van der Waals surface area (Å²) >= 11 is 0. The molecular weight excluding hydrogens is 418 g/mol. The zero-order valence-electron chi connectivity index (χ0n) is 18.8. The van der Waals surface area contributed by atoms with Gasteiger partial charge in [0.2, 0.25) is 0 Å². The Labute approximate surface area is 193 Å². The van der Waals surface area contributed by atoms with Crippen molar-refractivity contribution in [3.8, 4) is 11.4 Å². The maximum atomic E-state index is 12.5. The number of rotatable bonds is 8. The fourth-order valence-electron chi connectivity index (χ4n) is 3.83. The van der Waals surface area contributed by atoms with E-state index in [1.54, 1.807) is 47.1 Å². The van der Waals surface area contributed by atoms with Gasteiger partial charge in [-0.25, -0.2) is 4.68 Å². The summed E-state index contributed by atoms with van der Waals surface area (Å²) < 4.78 is 7.64. The number of carbonyl (C=O) groups is 2. The molecule has 0 unspecified atom stereocenters. The molecule has 1 saturated carbocycles. The average Bonchev–Trinajstić information content (AvgIpc) is 3.53. The molecule has 8 heteroatoms. The summed E-state index contributed by atoms with van der Waals surface area (Å²) in [5.74, 6) is -0.142. The van der Waals surface area contributed by atoms with E-state index in [-0.39, 0.29) is 6.10 Å². The molecule has 33 heavy (non-hydrogen) atoms. The first kappa shape index (κ1) is 22.5. The smallest absolute Gasteiger partial charge is 0.269 e. The van der Waals surface area contributed by atoms with Crippen LogP contribution in [0.4, 0.5) is 0 Å². The van der Waals surface area contributed by atoms with E-state index in [4.69, 9.17) is 4.74 Å². The van der Waals surface area contributed by atoms with Crippen LogP contribution in [-0.4, -0.2) is 32.9 Å². The van der Waals surface area contributed by atoms with Gasteiger partial charge in [0.15, 0.2) is 0 Å². The van der Waals surface area contributed by atoms with E-state index >= 15 is 0 Å². The lowest BCUT2D eigenvalue weighted by molar-refractivity contribution is 0.0846. The molecule has 0 aliphatic heterocycles. The Morgan fingerprint density at radius 3 is 2.48 bits per heavy atom. The zero-order valence-corrected chi connectivity index (χ0v) is 18.8. The molecule has 2 N–H and O–H groups in total. The van der Waals surface area contributed by atoms with Gasteiger partial charge < -0.3 is 4.74 Å². The van der Waals surface area contributed by atoms with Crippen molar-refractivity contribution in [2.24, 2.45) is 0 Å². The van der Waals surface area contributed by atoms with Crippen LogP contribution in [0.1, 0.15) is 71.9 Å². The maximum Gasteiger partial charge on any atom is 0.269 e. The first-order valence-electron chi connectivity index (χ1n) is 11.5. The SMILES string of the molecule is CCCCc1cn(-c2ccc(C(=O)NNC(=O)c3cccc(OC4CCCC4)c3)cc2)nn1. The minimum absolute atomic E-state index is 0.214. The van der Waals surface area contributed by atoms with E-state index in [1.807, 2.05) is 12.3 Å². The minimum Gasteiger partial charge on any atom is -0.490 e. The topological polar surface area (TPSA) is 98.1 Å². The van der Waals surface area contributed by atoms with Gasteiger partial charge in [0, 0.05) is 11.1 Å². The summed E-state index contributed by atoms with van der Waals surface area (Å²) in [6, 6.07) is 13.9. The van der Waals surface area contributed by atoms with Gasteiger partial charge in [-0.15, -0.1) is 5.10 Å². The Morgan fingerprint density at radius 2 is 1.76 bits per heavy atom. The molecule has 1 aliphatic carbocycles. The molecule has 2 aromatic carbocycles. The largest absolute Gasteiger partial charge is 0.490 e. The fraction of sp³-hybridized carbons (Fsp3) is 0.360. The number of carbonyl (C=O) groups excluding carboxylic acids is 2. The molecule has 1 fully saturated rings. The van der Waals surface area contributed by atoms with Crippen LogP contribution in [0.25, 0.3) is 5.69 Å². The normalized spacial score (nSPS) is 13.6. The molecule has 4 rings (SSSR count). The highest BCUT2D eigenvalue weighted by Crippen LogP contribution is 2.24. The summed E-state index contributed by atoms with van der Waals surface area (Å²) in [6.07, 6.45) is 9.62. The van der Waals surface area contributed by atoms with Gasteiger partial charge in [-0.05, 0) is 81.0 Å². The van der Waals surface area contributed by atoms with Crippen molar-refractivity contribution < 1.29 is 14.3 Å². The fourth-order valence-corrected chi connectivity index (χ4v) is 3.83. The Hall–Kier alpha value is -3.68. The van der Waals surface area contributed by atoms with Gasteiger partial charge in [-0.3, -0.25) is 20.4 Å². The van der Waals surface area contributed by atoms with E-state index in [0.717, 1.165) is 43.5 Å². The molecule has 172 valence electrons. The zero-order chi connectivity index (χ0) is 23.0. The lowest BCUT2D eigenvalue weighted by Gasteiger charge is -2.14. The second kappa shape index (κ2) is 10.8. The number of unbranched alkanes of at least 4 members (excludes halogenated alkanes) is 1. The van der Waals surface area contributed by atoms with Gasteiger partial charge in [0.05, 0.1) is 23.7 Å². The highest BCUT2D eigenvalue weighted by atomic mass is 16.5. The first-order chi connectivity index (χ1) is 16.1. The van der Waals surface area contributed by atoms with Crippen molar-refractivity contribution in [3.05, 3.63) is 71.5 Å². The molecule has 8 nitrogen and oxygen atoms in total. The van der Waals surface area contributed by atoms with Crippen LogP contribution >= 0.6 is 0 Å². The van der Waals surface area contributed by atoms with Gasteiger partial charge in [-0.2, -0.15) is 0 Å². The number of nitrogens with one attached hydrogen (secondary N) is 2. The molecule has 0 spiro atoms. The summed E-state index contributed by atoms with van der Waals surface area (Å²) in [6.45, 7) is 2.14. The molecule has 1 heterocycles. The van der Waals surface area contributed by atoms with Crippen LogP contribution in [-0.2, 0) is 6.42 Å². The molecular formula is C25H29N5O3. The third-order valence-corrected chi connectivity index (χ3v) is 5.71. The van der Waals surface area contributed by atoms with Crippen molar-refractivity contribution in [3.63, 3.8) is 0 Å². The van der Waals surface area contributed by atoms with Crippen LogP contribution in [0.5, 0.6) is 5.75 Å². The third kappa shape index (κ3) is 5.97. The quantitative estimate of drug-likeness (QED) is 0.509. The van der Waals surface area contributed by atoms with Crippen LogP contribution in [0.3, 0.4) is 0 Å². The Morgan fingerprint density at radius 1 is 1.03 bits per heavy atom. The van der Waals surface area contributed by atoms with Crippen LogP contribution < -0.4 is 15.6 Å². The second-order valence-electron chi connectivity index (χ2n) is 8.27. The number of aromatic nitrogens is 3. The van der Waals surface area contributed by atoms with Crippen molar-refractivity contribution in [1.29, 1.82) is 0 Å². The highest BCUT2D eigenvalue weighted by molar-refractivity contribution is 5.99. The van der Waals surface area contributed by atoms with Crippen LogP contribution in [0.2, 0.25) is 0 Å². The van der Waals surface area contributed by atoms with Gasteiger partial charge in [0.1, 0.15) is 5.75 Å². The number of nitrogens with zero attached hydrogens (tertiary/aromatic N) is 3. The summed E-state index contributed by atoms with van der Waals surface area (Å²) in [4.78, 5) is 24.9. The van der Waals surface area contributed by atoms with E-state index in [2.05, 4.69) is 28.1 Å². The molecule has 3 aromatic rings. The molecule has 1 aromatic heterocycles. The second-order valence-corrected chi connectivity index (χ2v) is 8.27. The summed E-state index contributed by atoms with van der Waals surface area (Å²) in [5, 5.41) is 8.32. The van der Waals surface area contributed by atoms with E-state index in [1.165, 1.54) is 12.8 Å². The molecule has 0 saturated heterocycles. The molecule has 0 radical (unpaired) electrons. The van der Waals surface area contributed by atoms with Crippen LogP contribution in [0, 0.1) is 0 Å². The number of hydrogen-bond donors (Lipinski definition) is 2. The van der Waals surface area contributed by atoms with Crippen LogP contribution in [0.15, 0.2) is 54.7 Å². The number of hydrogen-bond acceptors (Lipinski definition) is 5. The number of ether oxygens (including phenoxy) is 1. The molecule has 2 amide bonds. The van der Waals surface area contributed by atoms with E-state index < -0.39 is 11.8 Å². The Bertz CT molecular complexity index is 1090. The van der Waals surface area contributed by atoms with Gasteiger partial charge in [-0.1, -0.05) is 24.6 Å². The van der Waals surface area contributed by atoms with Crippen molar-refractivity contribution in [2.45, 2.75) is 58.0 Å². The van der Waals surface area contributed by atoms with Crippen molar-refractivity contribution >= 4 is 11.8 Å². The first-order valence-corrected chi connectivity index (χ1v) is 11.5. The lowest BCUT2D eigenvalue weighted by Crippen LogP contribution is -2.41. The van der Waals surface area contributed by atoms with Gasteiger partial charge >= 0.3 is 0 Å². The number of aryl methyl sites for hydroxylation is 1. The van der Waals surface area contributed by atoms with Crippen molar-refractivity contribution in [1.82, 2.24) is 25.8 Å². The number of hydrazine groups is 1. The molecule has 1 aliphatic rings. The predicted octanol–water partition coefficient (Wildman–Crippen LogP) is 4.01. The lowest BCUT2D eigenvalue weighted by atomic mass is 10.2. The highest BCUT2D eigenvalue weighted by Gasteiger charge is 2.17. The molecule has 0 bridgehead atoms. The Kier molecular flexibility index (Phi) is 7.34. The minimum atomic E-state index is -0.407. The van der Waals surface area contributed by atoms with Crippen molar-refractivity contribution in [2.75, 3.05) is 0 Å². The predicted molar refractivity (Wildman–Crippen MR) is 124 cm³/mol. The standard InChI is InChI=1S/C25H29N5O3/c1-2-3-8-20-17-30(29-26-20)21-14-12-18(13-15-21)24(31)27-28-25(32)19-7-6-11-23(16-19)33-22-9-4-5-10-22/h6-7,11-17,22H,2-5,8-10H2,1H3,(H,27,31)(H,28,32). The third-order valence-electron chi connectivity index (χ3n) is 5.71. The maximum absolute atomic E-state index is 12.5.